The van der Waals surface area contributed by atoms with Gasteiger partial charge in [0.05, 0.1) is 29.3 Å². The minimum absolute atomic E-state index is 0.0661. The molecule has 1 saturated heterocycles. The highest BCUT2D eigenvalue weighted by Gasteiger charge is 2.48. The van der Waals surface area contributed by atoms with Crippen molar-refractivity contribution in [2.24, 2.45) is 0 Å². The zero-order chi connectivity index (χ0) is 23.0. The average Bonchev–Trinajstić information content (AvgIpc) is 3.31. The number of aryl methyl sites for hydroxylation is 1. The highest BCUT2D eigenvalue weighted by molar-refractivity contribution is 7.18. The van der Waals surface area contributed by atoms with E-state index in [9.17, 15) is 19.5 Å². The molecule has 1 fully saturated rings. The van der Waals surface area contributed by atoms with Gasteiger partial charge < -0.3 is 9.84 Å². The summed E-state index contributed by atoms with van der Waals surface area (Å²) in [5, 5.41) is 11.2. The van der Waals surface area contributed by atoms with Crippen LogP contribution in [0.25, 0.3) is 5.76 Å². The summed E-state index contributed by atoms with van der Waals surface area (Å²) in [5.74, 6) is -1.55. The molecule has 32 heavy (non-hydrogen) atoms. The summed E-state index contributed by atoms with van der Waals surface area (Å²) in [6.07, 6.45) is 2.97. The molecular formula is C23H19N3O5S. The Bertz CT molecular complexity index is 1250. The molecule has 1 atom stereocenters. The van der Waals surface area contributed by atoms with Crippen LogP contribution >= 0.6 is 11.3 Å². The Kier molecular flexibility index (Phi) is 5.58. The molecule has 4 rings (SSSR count). The molecular weight excluding hydrogens is 430 g/mol. The third-order valence-electron chi connectivity index (χ3n) is 5.14. The lowest BCUT2D eigenvalue weighted by Gasteiger charge is -2.23. The number of aliphatic hydroxyl groups is 1. The van der Waals surface area contributed by atoms with Crippen LogP contribution in [0.4, 0.5) is 5.13 Å². The molecule has 0 aliphatic carbocycles. The molecule has 0 bridgehead atoms. The third-order valence-corrected chi connectivity index (χ3v) is 6.40. The summed E-state index contributed by atoms with van der Waals surface area (Å²) in [6.45, 7) is 3.09. The van der Waals surface area contributed by atoms with E-state index in [1.165, 1.54) is 31.3 Å². The molecule has 0 spiro atoms. The Labute approximate surface area is 187 Å². The van der Waals surface area contributed by atoms with Gasteiger partial charge in [0.15, 0.2) is 10.9 Å². The zero-order valence-electron chi connectivity index (χ0n) is 17.5. The number of aliphatic hydroxyl groups excluding tert-OH is 1. The number of benzene rings is 1. The second-order valence-electron chi connectivity index (χ2n) is 7.15. The van der Waals surface area contributed by atoms with Crippen molar-refractivity contribution < 1.29 is 24.2 Å². The Hall–Kier alpha value is -3.85. The van der Waals surface area contributed by atoms with Crippen molar-refractivity contribution in [3.8, 4) is 5.75 Å². The number of Topliss-reactive ketones (excluding diaryl/α,β-unsaturated/α-hetero) is 2. The first-order valence-electron chi connectivity index (χ1n) is 9.67. The van der Waals surface area contributed by atoms with Gasteiger partial charge in [0.1, 0.15) is 11.5 Å². The first kappa shape index (κ1) is 21.4. The van der Waals surface area contributed by atoms with Gasteiger partial charge in [-0.15, -0.1) is 0 Å². The number of ketones is 2. The van der Waals surface area contributed by atoms with Gasteiger partial charge in [0.2, 0.25) is 0 Å². The Morgan fingerprint density at radius 2 is 1.78 bits per heavy atom. The molecule has 9 heteroatoms. The van der Waals surface area contributed by atoms with Crippen LogP contribution in [0, 0.1) is 6.92 Å². The number of pyridine rings is 1. The van der Waals surface area contributed by atoms with Crippen molar-refractivity contribution in [3.05, 3.63) is 76.1 Å². The number of hydrogen-bond donors (Lipinski definition) is 1. The smallest absolute Gasteiger partial charge is 0.301 e. The SMILES string of the molecule is COc1ccc(C2/C(=C(\O)c3ccncc3)C(=O)C(=O)N2c2nc(C)c(C(C)=O)s2)cc1. The van der Waals surface area contributed by atoms with Gasteiger partial charge >= 0.3 is 5.91 Å². The predicted molar refractivity (Wildman–Crippen MR) is 119 cm³/mol. The van der Waals surface area contributed by atoms with Crippen molar-refractivity contribution in [1.29, 1.82) is 0 Å². The molecule has 1 unspecified atom stereocenters. The van der Waals surface area contributed by atoms with Gasteiger partial charge in [-0.1, -0.05) is 23.5 Å². The fraction of sp³-hybridized carbons (Fsp3) is 0.174. The van der Waals surface area contributed by atoms with Crippen molar-refractivity contribution in [2.45, 2.75) is 19.9 Å². The van der Waals surface area contributed by atoms with Gasteiger partial charge in [-0.05, 0) is 36.8 Å². The van der Waals surface area contributed by atoms with E-state index < -0.39 is 17.7 Å². The summed E-state index contributed by atoms with van der Waals surface area (Å²) in [7, 11) is 1.53. The quantitative estimate of drug-likeness (QED) is 0.274. The van der Waals surface area contributed by atoms with E-state index in [-0.39, 0.29) is 22.2 Å². The molecule has 3 aromatic rings. The lowest BCUT2D eigenvalue weighted by molar-refractivity contribution is -0.132. The van der Waals surface area contributed by atoms with Gasteiger partial charge in [0.25, 0.3) is 5.78 Å². The number of rotatable bonds is 5. The molecule has 1 N–H and O–H groups in total. The summed E-state index contributed by atoms with van der Waals surface area (Å²) >= 11 is 1.04. The predicted octanol–water partition coefficient (Wildman–Crippen LogP) is 3.68. The van der Waals surface area contributed by atoms with Crippen molar-refractivity contribution in [1.82, 2.24) is 9.97 Å². The highest BCUT2D eigenvalue weighted by Crippen LogP contribution is 2.44. The lowest BCUT2D eigenvalue weighted by Crippen LogP contribution is -2.29. The Morgan fingerprint density at radius 3 is 2.34 bits per heavy atom. The van der Waals surface area contributed by atoms with Crippen LogP contribution in [0.2, 0.25) is 0 Å². The number of nitrogens with zero attached hydrogens (tertiary/aromatic N) is 3. The van der Waals surface area contributed by atoms with Crippen molar-refractivity contribution in [3.63, 3.8) is 0 Å². The lowest BCUT2D eigenvalue weighted by atomic mass is 9.95. The number of thiazole rings is 1. The number of methoxy groups -OCH3 is 1. The molecule has 0 saturated carbocycles. The van der Waals surface area contributed by atoms with Crippen LogP contribution in [0.15, 0.2) is 54.4 Å². The molecule has 1 aliphatic heterocycles. The topological polar surface area (TPSA) is 110 Å². The van der Waals surface area contributed by atoms with Gasteiger partial charge in [0, 0.05) is 24.9 Å². The summed E-state index contributed by atoms with van der Waals surface area (Å²) < 4.78 is 5.21. The minimum atomic E-state index is -0.931. The fourth-order valence-electron chi connectivity index (χ4n) is 3.61. The molecule has 2 aromatic heterocycles. The maximum Gasteiger partial charge on any atom is 0.301 e. The summed E-state index contributed by atoms with van der Waals surface area (Å²) in [5.41, 5.74) is 1.35. The first-order chi connectivity index (χ1) is 15.3. The van der Waals surface area contributed by atoms with Crippen LogP contribution in [0.5, 0.6) is 5.75 Å². The number of amides is 1. The van der Waals surface area contributed by atoms with Gasteiger partial charge in [-0.3, -0.25) is 24.3 Å². The maximum absolute atomic E-state index is 13.1. The van der Waals surface area contributed by atoms with Crippen LogP contribution in [-0.4, -0.2) is 39.7 Å². The fourth-order valence-corrected chi connectivity index (χ4v) is 4.60. The van der Waals surface area contributed by atoms with E-state index in [4.69, 9.17) is 4.74 Å². The second-order valence-corrected chi connectivity index (χ2v) is 8.12. The van der Waals surface area contributed by atoms with Crippen LogP contribution in [0.1, 0.15) is 39.5 Å². The van der Waals surface area contributed by atoms with Crippen LogP contribution < -0.4 is 9.64 Å². The molecule has 1 amide bonds. The minimum Gasteiger partial charge on any atom is -0.507 e. The normalized spacial score (nSPS) is 17.6. The second kappa shape index (κ2) is 8.35. The number of anilines is 1. The number of ether oxygens (including phenoxy) is 1. The van der Waals surface area contributed by atoms with E-state index in [0.29, 0.717) is 27.4 Å². The zero-order valence-corrected chi connectivity index (χ0v) is 18.3. The summed E-state index contributed by atoms with van der Waals surface area (Å²) in [4.78, 5) is 48.1. The number of carbonyl (C=O) groups is 3. The largest absolute Gasteiger partial charge is 0.507 e. The standard InChI is InChI=1S/C23H19N3O5S/c1-12-21(13(2)27)32-23(25-12)26-18(14-4-6-16(31-3)7-5-14)17(20(29)22(26)30)19(28)15-8-10-24-11-9-15/h4-11,18,28H,1-3H3/b19-17+. The molecule has 3 heterocycles. The van der Waals surface area contributed by atoms with Crippen LogP contribution in [0.3, 0.4) is 0 Å². The van der Waals surface area contributed by atoms with E-state index in [1.807, 2.05) is 0 Å². The first-order valence-corrected chi connectivity index (χ1v) is 10.5. The molecule has 162 valence electrons. The number of aromatic nitrogens is 2. The Morgan fingerprint density at radius 1 is 1.12 bits per heavy atom. The number of hydrogen-bond acceptors (Lipinski definition) is 8. The average molecular weight is 449 g/mol. The molecule has 8 nitrogen and oxygen atoms in total. The van der Waals surface area contributed by atoms with Crippen LogP contribution in [-0.2, 0) is 9.59 Å². The van der Waals surface area contributed by atoms with E-state index in [2.05, 4.69) is 9.97 Å². The highest BCUT2D eigenvalue weighted by atomic mass is 32.1. The monoisotopic (exact) mass is 449 g/mol. The van der Waals surface area contributed by atoms with E-state index >= 15 is 0 Å². The molecule has 0 radical (unpaired) electrons. The third kappa shape index (κ3) is 3.56. The van der Waals surface area contributed by atoms with E-state index in [0.717, 1.165) is 11.3 Å². The van der Waals surface area contributed by atoms with E-state index in [1.54, 1.807) is 43.3 Å². The Balaban J connectivity index is 1.94. The van der Waals surface area contributed by atoms with Crippen molar-refractivity contribution >= 4 is 39.7 Å². The number of carbonyl (C=O) groups excluding carboxylic acids is 3. The van der Waals surface area contributed by atoms with Crippen molar-refractivity contribution in [2.75, 3.05) is 12.0 Å². The maximum atomic E-state index is 13.1. The molecule has 1 aliphatic rings. The summed E-state index contributed by atoms with van der Waals surface area (Å²) in [6, 6.07) is 9.01. The molecule has 1 aromatic carbocycles. The van der Waals surface area contributed by atoms with Gasteiger partial charge in [-0.25, -0.2) is 4.98 Å². The van der Waals surface area contributed by atoms with Gasteiger partial charge in [-0.2, -0.15) is 0 Å².